The van der Waals surface area contributed by atoms with E-state index in [0.29, 0.717) is 0 Å². The molecule has 0 spiro atoms. The fraction of sp³-hybridized carbons (Fsp3) is 0. The molecule has 0 aliphatic heterocycles. The smallest absolute Gasteiger partial charge is 0.0541 e. The number of hydrogen-bond acceptors (Lipinski definition) is 2. The van der Waals surface area contributed by atoms with Gasteiger partial charge in [0, 0.05) is 106 Å². The van der Waals surface area contributed by atoms with Gasteiger partial charge in [0.1, 0.15) is 0 Å². The average Bonchev–Trinajstić information content (AvgIpc) is 1.59. The second-order valence-electron chi connectivity index (χ2n) is 26.7. The SMILES string of the molecule is c1ccc(-n2c3ccccc3c3cc(-c4ccc5c(c4)c4ccccc4n5-c4ccc(-c5ccc6sc7ccccc7c6c5)cc4)ccc32)cc1.c1ccc(-n2c3ccccc3c3cc(-c4ccc5c(c4)c4ccccc4n5-c4ccc(-c5cccc6c5sc5ccccc56)cc4)ccc32)cc1. The highest BCUT2D eigenvalue weighted by atomic mass is 32.1. The van der Waals surface area contributed by atoms with Crippen LogP contribution in [-0.4, -0.2) is 18.3 Å². The van der Waals surface area contributed by atoms with Gasteiger partial charge in [0.15, 0.2) is 0 Å². The summed E-state index contributed by atoms with van der Waals surface area (Å²) in [6.07, 6.45) is 0. The number of thiophene rings is 2. The molecule has 0 aliphatic rings. The van der Waals surface area contributed by atoms with Gasteiger partial charge in [-0.1, -0.05) is 218 Å². The molecule has 16 aromatic carbocycles. The van der Waals surface area contributed by atoms with Crippen molar-refractivity contribution in [3.63, 3.8) is 0 Å². The fourth-order valence-corrected chi connectivity index (χ4v) is 18.7. The molecule has 0 saturated heterocycles. The van der Waals surface area contributed by atoms with Gasteiger partial charge in [0.25, 0.3) is 0 Å². The molecule has 0 fully saturated rings. The highest BCUT2D eigenvalue weighted by Crippen LogP contribution is 2.45. The third kappa shape index (κ3) is 9.27. The Morgan fingerprint density at radius 1 is 0.157 bits per heavy atom. The summed E-state index contributed by atoms with van der Waals surface area (Å²) < 4.78 is 14.9. The predicted octanol–water partition coefficient (Wildman–Crippen LogP) is 27.2. The minimum Gasteiger partial charge on any atom is -0.309 e. The monoisotopic (exact) mass is 1330 g/mol. The van der Waals surface area contributed by atoms with Crippen molar-refractivity contribution in [2.45, 2.75) is 0 Å². The molecule has 6 heteroatoms. The minimum absolute atomic E-state index is 1.16. The van der Waals surface area contributed by atoms with Crippen molar-refractivity contribution in [3.05, 3.63) is 364 Å². The molecule has 6 heterocycles. The Balaban J connectivity index is 0.000000133. The van der Waals surface area contributed by atoms with Crippen molar-refractivity contribution in [1.29, 1.82) is 0 Å². The molecule has 0 bridgehead atoms. The van der Waals surface area contributed by atoms with Crippen LogP contribution in [0.1, 0.15) is 0 Å². The third-order valence-corrected chi connectivity index (χ3v) is 23.4. The van der Waals surface area contributed by atoms with Gasteiger partial charge < -0.3 is 18.3 Å². The molecule has 0 N–H and O–H groups in total. The van der Waals surface area contributed by atoms with Crippen LogP contribution in [0.25, 0.3) is 195 Å². The minimum atomic E-state index is 1.16. The Labute approximate surface area is 595 Å². The number of nitrogens with zero attached hydrogens (tertiary/aromatic N) is 4. The molecule has 22 rings (SSSR count). The molecule has 0 saturated carbocycles. The first-order chi connectivity index (χ1) is 50.6. The van der Waals surface area contributed by atoms with Gasteiger partial charge in [-0.2, -0.15) is 0 Å². The lowest BCUT2D eigenvalue weighted by molar-refractivity contribution is 1.18. The molecular weight excluding hydrogens is 1270 g/mol. The van der Waals surface area contributed by atoms with Crippen LogP contribution >= 0.6 is 22.7 Å². The lowest BCUT2D eigenvalue weighted by Gasteiger charge is -2.11. The fourth-order valence-electron chi connectivity index (χ4n) is 16.3. The maximum atomic E-state index is 2.41. The maximum Gasteiger partial charge on any atom is 0.0541 e. The van der Waals surface area contributed by atoms with Gasteiger partial charge in [-0.15, -0.1) is 22.7 Å². The van der Waals surface area contributed by atoms with Crippen molar-refractivity contribution < 1.29 is 0 Å². The summed E-state index contributed by atoms with van der Waals surface area (Å²) >= 11 is 3.75. The molecule has 0 aliphatic carbocycles. The highest BCUT2D eigenvalue weighted by Gasteiger charge is 2.20. The van der Waals surface area contributed by atoms with Crippen LogP contribution in [0, 0.1) is 0 Å². The summed E-state index contributed by atoms with van der Waals surface area (Å²) in [4.78, 5) is 0. The van der Waals surface area contributed by atoms with Crippen LogP contribution in [-0.2, 0) is 0 Å². The number of aromatic nitrogens is 4. The Bertz CT molecular complexity index is 7090. The van der Waals surface area contributed by atoms with Crippen LogP contribution in [0.3, 0.4) is 0 Å². The first-order valence-corrected chi connectivity index (χ1v) is 36.5. The van der Waals surface area contributed by atoms with Crippen molar-refractivity contribution >= 4 is 150 Å². The lowest BCUT2D eigenvalue weighted by Crippen LogP contribution is -1.94. The normalized spacial score (nSPS) is 11.9. The van der Waals surface area contributed by atoms with Gasteiger partial charge in [-0.3, -0.25) is 0 Å². The molecular formula is C96H60N4S2. The van der Waals surface area contributed by atoms with Crippen molar-refractivity contribution in [2.24, 2.45) is 0 Å². The summed E-state index contributed by atoms with van der Waals surface area (Å²) in [6, 6.07) is 133. The van der Waals surface area contributed by atoms with Gasteiger partial charge in [0.2, 0.25) is 0 Å². The number of benzene rings is 16. The van der Waals surface area contributed by atoms with Gasteiger partial charge in [-0.05, 0) is 190 Å². The largest absolute Gasteiger partial charge is 0.309 e. The average molecular weight is 1330 g/mol. The summed E-state index contributed by atoms with van der Waals surface area (Å²) in [5, 5.41) is 15.4. The van der Waals surface area contributed by atoms with Gasteiger partial charge in [0.05, 0.1) is 44.1 Å². The van der Waals surface area contributed by atoms with Crippen LogP contribution in [0.4, 0.5) is 0 Å². The van der Waals surface area contributed by atoms with E-state index < -0.39 is 0 Å². The molecule has 4 nitrogen and oxygen atoms in total. The molecule has 6 aromatic heterocycles. The molecule has 102 heavy (non-hydrogen) atoms. The summed E-state index contributed by atoms with van der Waals surface area (Å²) in [5.41, 5.74) is 24.3. The van der Waals surface area contributed by atoms with E-state index in [9.17, 15) is 0 Å². The van der Waals surface area contributed by atoms with Crippen LogP contribution in [0.15, 0.2) is 364 Å². The van der Waals surface area contributed by atoms with E-state index >= 15 is 0 Å². The number of fused-ring (bicyclic) bond motifs is 18. The molecule has 476 valence electrons. The highest BCUT2D eigenvalue weighted by molar-refractivity contribution is 7.26. The topological polar surface area (TPSA) is 19.7 Å². The van der Waals surface area contributed by atoms with E-state index in [-0.39, 0.29) is 0 Å². The van der Waals surface area contributed by atoms with E-state index in [2.05, 4.69) is 382 Å². The Morgan fingerprint density at radius 3 is 0.873 bits per heavy atom. The van der Waals surface area contributed by atoms with Crippen LogP contribution < -0.4 is 0 Å². The maximum absolute atomic E-state index is 2.41. The lowest BCUT2D eigenvalue weighted by atomic mass is 10.0. The molecule has 0 unspecified atom stereocenters. The van der Waals surface area contributed by atoms with Crippen molar-refractivity contribution in [3.8, 4) is 67.3 Å². The van der Waals surface area contributed by atoms with E-state index in [1.165, 1.54) is 183 Å². The van der Waals surface area contributed by atoms with E-state index in [1.807, 2.05) is 22.7 Å². The zero-order chi connectivity index (χ0) is 66.9. The van der Waals surface area contributed by atoms with Crippen LogP contribution in [0.2, 0.25) is 0 Å². The van der Waals surface area contributed by atoms with E-state index in [1.54, 1.807) is 0 Å². The quantitative estimate of drug-likeness (QED) is 0.144. The summed E-state index contributed by atoms with van der Waals surface area (Å²) in [5.74, 6) is 0. The summed E-state index contributed by atoms with van der Waals surface area (Å²) in [6.45, 7) is 0. The molecule has 22 aromatic rings. The molecule has 0 amide bonds. The number of rotatable bonds is 8. The molecule has 0 atom stereocenters. The Morgan fingerprint density at radius 2 is 0.441 bits per heavy atom. The first-order valence-electron chi connectivity index (χ1n) is 34.9. The van der Waals surface area contributed by atoms with Crippen molar-refractivity contribution in [1.82, 2.24) is 18.3 Å². The first kappa shape index (κ1) is 58.2. The van der Waals surface area contributed by atoms with Crippen molar-refractivity contribution in [2.75, 3.05) is 0 Å². The zero-order valence-electron chi connectivity index (χ0n) is 55.2. The second-order valence-corrected chi connectivity index (χ2v) is 28.8. The number of hydrogen-bond donors (Lipinski definition) is 0. The predicted molar refractivity (Wildman–Crippen MR) is 438 cm³/mol. The standard InChI is InChI=1S/2C48H30N2S/c1-2-11-34(12-3-1)49-43-18-7-4-13-37(43)41-29-32(23-27-45(41)49)33-24-28-46-42(30-33)38-14-5-8-19-44(38)50(46)35-25-21-31(22-26-35)36-16-10-17-40-39-15-6-9-20-47(39)51-48(36)40;1-2-10-35(11-3-1)49-43-15-7-4-12-37(43)40-28-33(20-25-45(40)49)34-21-26-46-41(29-34)38-13-5-8-16-44(38)50(46)36-23-18-31(19-24-36)32-22-27-48-42(30-32)39-14-6-9-17-47(39)51-48/h2*1-30H. The van der Waals surface area contributed by atoms with E-state index in [4.69, 9.17) is 0 Å². The summed E-state index contributed by atoms with van der Waals surface area (Å²) in [7, 11) is 0. The van der Waals surface area contributed by atoms with E-state index in [0.717, 1.165) is 11.4 Å². The second kappa shape index (κ2) is 23.4. The Hall–Kier alpha value is -12.8. The van der Waals surface area contributed by atoms with Gasteiger partial charge in [-0.25, -0.2) is 0 Å². The van der Waals surface area contributed by atoms with Crippen LogP contribution in [0.5, 0.6) is 0 Å². The Kier molecular flexibility index (Phi) is 13.3. The number of para-hydroxylation sites is 6. The molecule has 0 radical (unpaired) electrons. The third-order valence-electron chi connectivity index (χ3n) is 21.1. The zero-order valence-corrected chi connectivity index (χ0v) is 56.9. The van der Waals surface area contributed by atoms with Gasteiger partial charge >= 0.3 is 0 Å².